The zero-order chi connectivity index (χ0) is 24.6. The van der Waals surface area contributed by atoms with Gasteiger partial charge in [0, 0.05) is 35.4 Å². The number of halogens is 1. The maximum atomic E-state index is 14.7. The molecule has 0 radical (unpaired) electrons. The lowest BCUT2D eigenvalue weighted by Crippen LogP contribution is -2.19. The third kappa shape index (κ3) is 5.75. The third-order valence-electron chi connectivity index (χ3n) is 5.05. The molecule has 0 saturated carbocycles. The van der Waals surface area contributed by atoms with Crippen LogP contribution in [0.2, 0.25) is 0 Å². The number of dihydropyridines is 1. The molecule has 0 unspecified atom stereocenters. The van der Waals surface area contributed by atoms with Crippen LogP contribution in [0, 0.1) is 11.2 Å². The van der Waals surface area contributed by atoms with Crippen molar-refractivity contribution in [3.05, 3.63) is 108 Å². The van der Waals surface area contributed by atoms with Crippen LogP contribution >= 0.6 is 0 Å². The number of ether oxygens (including phenoxy) is 2. The number of carbonyl (C=O) groups is 1. The van der Waals surface area contributed by atoms with Crippen LogP contribution in [-0.2, 0) is 0 Å². The van der Waals surface area contributed by atoms with Crippen LogP contribution in [0.25, 0.3) is 11.1 Å². The Bertz CT molecular complexity index is 1350. The van der Waals surface area contributed by atoms with Gasteiger partial charge in [0.1, 0.15) is 5.75 Å². The molecule has 1 aliphatic heterocycles. The molecule has 0 aromatic heterocycles. The lowest BCUT2D eigenvalue weighted by Gasteiger charge is -2.16. The number of methoxy groups -OCH3 is 1. The molecule has 0 saturated heterocycles. The normalized spacial score (nSPS) is 13.4. The van der Waals surface area contributed by atoms with Crippen molar-refractivity contribution in [2.24, 2.45) is 0 Å². The number of carbonyl (C=O) groups excluding carboxylic acids is 1. The van der Waals surface area contributed by atoms with Crippen LogP contribution in [-0.4, -0.2) is 19.4 Å². The standard InChI is InChI=1S/C27H23FN4O3/c1-34-24-9-3-2-8-21(24)18-6-4-7-19(16-18)31-27(33)32-20-11-12-25(22(28)17-20)35-26-10-5-15-30-23(26)13-14-29/h2-17,29-30H,1H3,(H2,31,32,33)/b23-13-,29-14?. The summed E-state index contributed by atoms with van der Waals surface area (Å²) in [6.07, 6.45) is 7.64. The summed E-state index contributed by atoms with van der Waals surface area (Å²) in [5.41, 5.74) is 3.14. The highest BCUT2D eigenvalue weighted by molar-refractivity contribution is 6.00. The van der Waals surface area contributed by atoms with Gasteiger partial charge in [-0.25, -0.2) is 9.18 Å². The van der Waals surface area contributed by atoms with E-state index >= 15 is 0 Å². The number of urea groups is 1. The van der Waals surface area contributed by atoms with Crippen LogP contribution in [0.5, 0.6) is 11.5 Å². The van der Waals surface area contributed by atoms with Crippen molar-refractivity contribution in [1.82, 2.24) is 5.32 Å². The first-order valence-corrected chi connectivity index (χ1v) is 10.7. The predicted molar refractivity (Wildman–Crippen MR) is 135 cm³/mol. The Hall–Kier alpha value is -4.85. The van der Waals surface area contributed by atoms with Gasteiger partial charge in [0.25, 0.3) is 0 Å². The molecule has 0 atom stereocenters. The summed E-state index contributed by atoms with van der Waals surface area (Å²) in [5, 5.41) is 15.5. The SMILES string of the molecule is COc1ccccc1-c1cccc(NC(=O)Nc2ccc(OC3=CC=CN/C3=C\C=N)c(F)c2)c1. The highest BCUT2D eigenvalue weighted by Crippen LogP contribution is 2.31. The van der Waals surface area contributed by atoms with Gasteiger partial charge < -0.3 is 30.8 Å². The number of rotatable bonds is 7. The van der Waals surface area contributed by atoms with E-state index in [1.54, 1.807) is 31.5 Å². The zero-order valence-corrected chi connectivity index (χ0v) is 18.8. The number of amides is 2. The topological polar surface area (TPSA) is 95.5 Å². The molecule has 0 fully saturated rings. The van der Waals surface area contributed by atoms with Gasteiger partial charge >= 0.3 is 6.03 Å². The Morgan fingerprint density at radius 2 is 1.80 bits per heavy atom. The molecule has 4 N–H and O–H groups in total. The maximum absolute atomic E-state index is 14.7. The number of allylic oxidation sites excluding steroid dienone is 3. The molecule has 4 rings (SSSR count). The second-order valence-electron chi connectivity index (χ2n) is 7.39. The number of anilines is 2. The van der Waals surface area contributed by atoms with E-state index in [2.05, 4.69) is 16.0 Å². The maximum Gasteiger partial charge on any atom is 0.323 e. The first-order valence-electron chi connectivity index (χ1n) is 10.7. The smallest absolute Gasteiger partial charge is 0.323 e. The van der Waals surface area contributed by atoms with Gasteiger partial charge in [-0.15, -0.1) is 0 Å². The lowest BCUT2D eigenvalue weighted by molar-refractivity contribution is 0.262. The molecule has 3 aromatic carbocycles. The monoisotopic (exact) mass is 470 g/mol. The average Bonchev–Trinajstić information content (AvgIpc) is 2.87. The summed E-state index contributed by atoms with van der Waals surface area (Å²) in [6, 6.07) is 18.6. The van der Waals surface area contributed by atoms with Gasteiger partial charge in [-0.1, -0.05) is 30.3 Å². The van der Waals surface area contributed by atoms with Crippen molar-refractivity contribution in [1.29, 1.82) is 5.41 Å². The van der Waals surface area contributed by atoms with Crippen molar-refractivity contribution in [2.75, 3.05) is 17.7 Å². The minimum absolute atomic E-state index is 0.0142. The van der Waals surface area contributed by atoms with Crippen molar-refractivity contribution in [3.63, 3.8) is 0 Å². The average molecular weight is 471 g/mol. The molecular weight excluding hydrogens is 447 g/mol. The minimum atomic E-state index is -0.648. The van der Waals surface area contributed by atoms with Gasteiger partial charge in [-0.05, 0) is 54.1 Å². The van der Waals surface area contributed by atoms with Gasteiger partial charge in [-0.3, -0.25) is 0 Å². The van der Waals surface area contributed by atoms with E-state index < -0.39 is 11.8 Å². The summed E-state index contributed by atoms with van der Waals surface area (Å²) in [6.45, 7) is 0. The molecule has 176 valence electrons. The van der Waals surface area contributed by atoms with Crippen molar-refractivity contribution < 1.29 is 18.7 Å². The highest BCUT2D eigenvalue weighted by atomic mass is 19.1. The first-order chi connectivity index (χ1) is 17.1. The Morgan fingerprint density at radius 1 is 1.00 bits per heavy atom. The van der Waals surface area contributed by atoms with E-state index in [1.807, 2.05) is 42.5 Å². The van der Waals surface area contributed by atoms with Crippen LogP contribution in [0.1, 0.15) is 0 Å². The van der Waals surface area contributed by atoms with Crippen LogP contribution in [0.15, 0.2) is 103 Å². The fourth-order valence-corrected chi connectivity index (χ4v) is 3.46. The van der Waals surface area contributed by atoms with Gasteiger partial charge in [0.05, 0.1) is 12.8 Å². The predicted octanol–water partition coefficient (Wildman–Crippen LogP) is 6.06. The molecule has 8 heteroatoms. The van der Waals surface area contributed by atoms with Crippen molar-refractivity contribution in [2.45, 2.75) is 0 Å². The number of benzene rings is 3. The Kier molecular flexibility index (Phi) is 7.22. The molecule has 1 heterocycles. The summed E-state index contributed by atoms with van der Waals surface area (Å²) in [4.78, 5) is 12.5. The molecule has 7 nitrogen and oxygen atoms in total. The summed E-state index contributed by atoms with van der Waals surface area (Å²) in [5.74, 6) is 0.428. The Balaban J connectivity index is 1.43. The van der Waals surface area contributed by atoms with Crippen LogP contribution < -0.4 is 25.4 Å². The van der Waals surface area contributed by atoms with Crippen LogP contribution in [0.3, 0.4) is 0 Å². The van der Waals surface area contributed by atoms with Gasteiger partial charge in [-0.2, -0.15) is 0 Å². The summed E-state index contributed by atoms with van der Waals surface area (Å²) in [7, 11) is 1.61. The highest BCUT2D eigenvalue weighted by Gasteiger charge is 2.14. The molecule has 2 amide bonds. The molecule has 0 aliphatic carbocycles. The second-order valence-corrected chi connectivity index (χ2v) is 7.39. The van der Waals surface area contributed by atoms with Gasteiger partial charge in [0.15, 0.2) is 17.3 Å². The molecular formula is C27H23FN4O3. The van der Waals surface area contributed by atoms with Crippen molar-refractivity contribution >= 4 is 23.6 Å². The largest absolute Gasteiger partial charge is 0.496 e. The molecule has 1 aliphatic rings. The Morgan fingerprint density at radius 3 is 2.57 bits per heavy atom. The summed E-state index contributed by atoms with van der Waals surface area (Å²) < 4.78 is 25.7. The molecule has 3 aromatic rings. The van der Waals surface area contributed by atoms with Crippen LogP contribution in [0.4, 0.5) is 20.6 Å². The lowest BCUT2D eigenvalue weighted by atomic mass is 10.0. The van der Waals surface area contributed by atoms with E-state index in [-0.39, 0.29) is 11.4 Å². The van der Waals surface area contributed by atoms with E-state index in [4.69, 9.17) is 14.9 Å². The van der Waals surface area contributed by atoms with E-state index in [0.29, 0.717) is 17.1 Å². The fourth-order valence-electron chi connectivity index (χ4n) is 3.46. The summed E-state index contributed by atoms with van der Waals surface area (Å²) >= 11 is 0. The quantitative estimate of drug-likeness (QED) is 0.316. The third-order valence-corrected chi connectivity index (χ3v) is 5.05. The van der Waals surface area contributed by atoms with E-state index in [1.165, 1.54) is 24.3 Å². The van der Waals surface area contributed by atoms with E-state index in [0.717, 1.165) is 23.1 Å². The second kappa shape index (κ2) is 10.8. The molecule has 0 bridgehead atoms. The number of para-hydroxylation sites is 1. The number of nitrogens with one attached hydrogen (secondary N) is 4. The van der Waals surface area contributed by atoms with Crippen molar-refractivity contribution in [3.8, 4) is 22.6 Å². The number of hydrogen-bond donors (Lipinski definition) is 4. The fraction of sp³-hybridized carbons (Fsp3) is 0.0370. The van der Waals surface area contributed by atoms with Gasteiger partial charge in [0.2, 0.25) is 0 Å². The number of hydrogen-bond acceptors (Lipinski definition) is 5. The minimum Gasteiger partial charge on any atom is -0.496 e. The molecule has 35 heavy (non-hydrogen) atoms. The first kappa shape index (κ1) is 23.3. The zero-order valence-electron chi connectivity index (χ0n) is 18.8. The molecule has 0 spiro atoms. The Labute approximate surface area is 202 Å². The van der Waals surface area contributed by atoms with E-state index in [9.17, 15) is 9.18 Å².